The Bertz CT molecular complexity index is 848. The molecule has 3 rings (SSSR count). The van der Waals surface area contributed by atoms with Crippen molar-refractivity contribution in [3.8, 4) is 5.75 Å². The first-order valence-electron chi connectivity index (χ1n) is 10.9. The van der Waals surface area contributed by atoms with E-state index in [2.05, 4.69) is 25.4 Å². The highest BCUT2D eigenvalue weighted by Crippen LogP contribution is 2.09. The Kier molecular flexibility index (Phi) is 8.72. The summed E-state index contributed by atoms with van der Waals surface area (Å²) in [6, 6.07) is 17.7. The van der Waals surface area contributed by atoms with Crippen LogP contribution in [0.2, 0.25) is 0 Å². The number of aliphatic imine (C=N–C) groups is 1. The summed E-state index contributed by atoms with van der Waals surface area (Å²) in [5.41, 5.74) is 1.82. The Balaban J connectivity index is 1.38. The summed E-state index contributed by atoms with van der Waals surface area (Å²) < 4.78 is 5.81. The Morgan fingerprint density at radius 1 is 1.06 bits per heavy atom. The number of hydrogen-bond donors (Lipinski definition) is 2. The minimum absolute atomic E-state index is 0.0577. The zero-order chi connectivity index (χ0) is 21.9. The van der Waals surface area contributed by atoms with Gasteiger partial charge in [0, 0.05) is 58.9 Å². The fourth-order valence-electron chi connectivity index (χ4n) is 3.66. The van der Waals surface area contributed by atoms with Crippen molar-refractivity contribution in [3.63, 3.8) is 0 Å². The van der Waals surface area contributed by atoms with E-state index in [9.17, 15) is 4.79 Å². The lowest BCUT2D eigenvalue weighted by Crippen LogP contribution is -2.53. The lowest BCUT2D eigenvalue weighted by atomic mass is 10.1. The van der Waals surface area contributed by atoms with Gasteiger partial charge in [-0.05, 0) is 36.2 Å². The summed E-state index contributed by atoms with van der Waals surface area (Å²) in [6.07, 6.45) is 0.834. The number of amides is 1. The molecule has 1 amide bonds. The van der Waals surface area contributed by atoms with Crippen LogP contribution in [0, 0.1) is 0 Å². The molecule has 0 spiro atoms. The maximum absolute atomic E-state index is 11.8. The topological polar surface area (TPSA) is 69.2 Å². The van der Waals surface area contributed by atoms with Crippen LogP contribution in [0.4, 0.5) is 0 Å². The van der Waals surface area contributed by atoms with E-state index in [1.165, 1.54) is 0 Å². The normalized spacial score (nSPS) is 14.9. The van der Waals surface area contributed by atoms with Crippen LogP contribution in [0.1, 0.15) is 15.9 Å². The second-order valence-electron chi connectivity index (χ2n) is 7.49. The van der Waals surface area contributed by atoms with Crippen molar-refractivity contribution in [1.82, 2.24) is 20.4 Å². The lowest BCUT2D eigenvalue weighted by molar-refractivity contribution is 0.0963. The number of hydrogen-bond acceptors (Lipinski definition) is 4. The highest BCUT2D eigenvalue weighted by molar-refractivity contribution is 5.94. The summed E-state index contributed by atoms with van der Waals surface area (Å²) in [7, 11) is 3.48. The Hall–Kier alpha value is -3.06. The molecule has 0 radical (unpaired) electrons. The number of guanidine groups is 1. The maximum atomic E-state index is 11.8. The fraction of sp³-hybridized carbons (Fsp3) is 0.417. The molecule has 1 aliphatic heterocycles. The number of ether oxygens (including phenoxy) is 1. The van der Waals surface area contributed by atoms with Crippen LogP contribution in [0.3, 0.4) is 0 Å². The van der Waals surface area contributed by atoms with Gasteiger partial charge >= 0.3 is 0 Å². The van der Waals surface area contributed by atoms with E-state index in [0.29, 0.717) is 12.2 Å². The standard InChI is InChI=1S/C24H33N5O2/c1-25-23(30)21-8-6-7-20(19-21)11-12-27-24(26-2)29-15-13-28(14-16-29)17-18-31-22-9-4-3-5-10-22/h3-10,19H,11-18H2,1-2H3,(H,25,30)(H,26,27). The molecule has 1 aliphatic rings. The molecule has 2 aromatic rings. The molecule has 0 saturated carbocycles. The van der Waals surface area contributed by atoms with Gasteiger partial charge in [-0.1, -0.05) is 30.3 Å². The van der Waals surface area contributed by atoms with Gasteiger partial charge in [-0.3, -0.25) is 14.7 Å². The third kappa shape index (κ3) is 7.00. The van der Waals surface area contributed by atoms with Crippen molar-refractivity contribution in [2.45, 2.75) is 6.42 Å². The Morgan fingerprint density at radius 2 is 1.84 bits per heavy atom. The third-order valence-corrected chi connectivity index (χ3v) is 5.42. The largest absolute Gasteiger partial charge is 0.492 e. The van der Waals surface area contributed by atoms with Crippen molar-refractivity contribution in [1.29, 1.82) is 0 Å². The zero-order valence-electron chi connectivity index (χ0n) is 18.5. The third-order valence-electron chi connectivity index (χ3n) is 5.42. The number of carbonyl (C=O) groups is 1. The van der Waals surface area contributed by atoms with Gasteiger partial charge in [-0.15, -0.1) is 0 Å². The van der Waals surface area contributed by atoms with Crippen LogP contribution < -0.4 is 15.4 Å². The van der Waals surface area contributed by atoms with Gasteiger partial charge in [0.25, 0.3) is 5.91 Å². The van der Waals surface area contributed by atoms with E-state index in [-0.39, 0.29) is 5.91 Å². The Labute approximate surface area is 185 Å². The molecule has 166 valence electrons. The number of nitrogens with one attached hydrogen (secondary N) is 2. The zero-order valence-corrected chi connectivity index (χ0v) is 18.5. The van der Waals surface area contributed by atoms with E-state index < -0.39 is 0 Å². The van der Waals surface area contributed by atoms with Crippen LogP contribution in [-0.4, -0.2) is 81.6 Å². The smallest absolute Gasteiger partial charge is 0.251 e. The molecule has 2 N–H and O–H groups in total. The molecule has 2 aromatic carbocycles. The van der Waals surface area contributed by atoms with Crippen LogP contribution in [0.5, 0.6) is 5.75 Å². The number of para-hydroxylation sites is 1. The van der Waals surface area contributed by atoms with E-state index >= 15 is 0 Å². The molecular formula is C24H33N5O2. The number of nitrogens with zero attached hydrogens (tertiary/aromatic N) is 3. The van der Waals surface area contributed by atoms with Crippen molar-refractivity contribution < 1.29 is 9.53 Å². The van der Waals surface area contributed by atoms with Crippen LogP contribution in [0.15, 0.2) is 59.6 Å². The first-order chi connectivity index (χ1) is 15.2. The van der Waals surface area contributed by atoms with Gasteiger partial charge in [-0.2, -0.15) is 0 Å². The number of rotatable bonds is 8. The van der Waals surface area contributed by atoms with Gasteiger partial charge in [0.15, 0.2) is 5.96 Å². The maximum Gasteiger partial charge on any atom is 0.251 e. The van der Waals surface area contributed by atoms with E-state index in [1.807, 2.05) is 61.6 Å². The molecule has 0 unspecified atom stereocenters. The minimum Gasteiger partial charge on any atom is -0.492 e. The number of benzene rings is 2. The van der Waals surface area contributed by atoms with Gasteiger partial charge in [0.2, 0.25) is 0 Å². The SMILES string of the molecule is CN=C(NCCc1cccc(C(=O)NC)c1)N1CCN(CCOc2ccccc2)CC1. The van der Waals surface area contributed by atoms with Crippen LogP contribution in [-0.2, 0) is 6.42 Å². The molecule has 0 atom stereocenters. The van der Waals surface area contributed by atoms with Crippen molar-refractivity contribution >= 4 is 11.9 Å². The van der Waals surface area contributed by atoms with Gasteiger partial charge in [0.1, 0.15) is 12.4 Å². The van der Waals surface area contributed by atoms with Crippen molar-refractivity contribution in [2.75, 3.05) is 60.0 Å². The quantitative estimate of drug-likeness (QED) is 0.501. The minimum atomic E-state index is -0.0577. The highest BCUT2D eigenvalue weighted by atomic mass is 16.5. The van der Waals surface area contributed by atoms with E-state index in [1.54, 1.807) is 7.05 Å². The van der Waals surface area contributed by atoms with Crippen LogP contribution >= 0.6 is 0 Å². The second kappa shape index (κ2) is 12.0. The molecule has 0 bridgehead atoms. The van der Waals surface area contributed by atoms with E-state index in [0.717, 1.165) is 63.0 Å². The summed E-state index contributed by atoms with van der Waals surface area (Å²) in [5, 5.41) is 6.13. The molecule has 1 heterocycles. The van der Waals surface area contributed by atoms with Crippen molar-refractivity contribution in [3.05, 3.63) is 65.7 Å². The molecule has 7 nitrogen and oxygen atoms in total. The number of carbonyl (C=O) groups excluding carboxylic acids is 1. The van der Waals surface area contributed by atoms with Crippen LogP contribution in [0.25, 0.3) is 0 Å². The fourth-order valence-corrected chi connectivity index (χ4v) is 3.66. The summed E-state index contributed by atoms with van der Waals surface area (Å²) >= 11 is 0. The predicted octanol–water partition coefficient (Wildman–Crippen LogP) is 1.86. The molecule has 0 aromatic heterocycles. The molecule has 0 aliphatic carbocycles. The summed E-state index contributed by atoms with van der Waals surface area (Å²) in [4.78, 5) is 21.0. The molecule has 31 heavy (non-hydrogen) atoms. The molecular weight excluding hydrogens is 390 g/mol. The summed E-state index contributed by atoms with van der Waals surface area (Å²) in [5.74, 6) is 1.80. The lowest BCUT2D eigenvalue weighted by Gasteiger charge is -2.36. The molecule has 7 heteroatoms. The predicted molar refractivity (Wildman–Crippen MR) is 125 cm³/mol. The molecule has 1 saturated heterocycles. The van der Waals surface area contributed by atoms with Gasteiger partial charge in [-0.25, -0.2) is 0 Å². The van der Waals surface area contributed by atoms with Gasteiger partial charge < -0.3 is 20.3 Å². The van der Waals surface area contributed by atoms with E-state index in [4.69, 9.17) is 4.74 Å². The first kappa shape index (κ1) is 22.6. The molecule has 1 fully saturated rings. The average molecular weight is 424 g/mol. The average Bonchev–Trinajstić information content (AvgIpc) is 2.83. The summed E-state index contributed by atoms with van der Waals surface area (Å²) in [6.45, 7) is 6.27. The van der Waals surface area contributed by atoms with Gasteiger partial charge in [0.05, 0.1) is 0 Å². The monoisotopic (exact) mass is 423 g/mol. The Morgan fingerprint density at radius 3 is 2.55 bits per heavy atom. The highest BCUT2D eigenvalue weighted by Gasteiger charge is 2.19. The number of piperazine rings is 1. The first-order valence-corrected chi connectivity index (χ1v) is 10.9. The van der Waals surface area contributed by atoms with Crippen molar-refractivity contribution in [2.24, 2.45) is 4.99 Å². The second-order valence-corrected chi connectivity index (χ2v) is 7.49.